The van der Waals surface area contributed by atoms with Crippen molar-refractivity contribution in [3.8, 4) is 22.8 Å². The molecule has 0 aliphatic carbocycles. The van der Waals surface area contributed by atoms with E-state index in [4.69, 9.17) is 4.74 Å². The molecule has 0 saturated heterocycles. The molecule has 0 saturated carbocycles. The van der Waals surface area contributed by atoms with Crippen LogP contribution < -0.4 is 4.74 Å². The van der Waals surface area contributed by atoms with Gasteiger partial charge in [0.05, 0.1) is 12.8 Å². The second-order valence-electron chi connectivity index (χ2n) is 4.06. The van der Waals surface area contributed by atoms with Crippen LogP contribution in [0.2, 0.25) is 0 Å². The van der Waals surface area contributed by atoms with E-state index >= 15 is 0 Å². The number of nitrogens with zero attached hydrogens (tertiary/aromatic N) is 4. The third-order valence-electron chi connectivity index (χ3n) is 2.83. The first-order valence-corrected chi connectivity index (χ1v) is 5.94. The second-order valence-corrected chi connectivity index (χ2v) is 4.06. The van der Waals surface area contributed by atoms with Gasteiger partial charge in [0.15, 0.2) is 5.82 Å². The second kappa shape index (κ2) is 5.08. The van der Waals surface area contributed by atoms with Crippen molar-refractivity contribution >= 4 is 0 Å². The van der Waals surface area contributed by atoms with Gasteiger partial charge in [-0.15, -0.1) is 0 Å². The highest BCUT2D eigenvalue weighted by Gasteiger charge is 2.10. The SMILES string of the molecule is COc1ccc(F)cc1-c1cc(-n2cccn2)ncn1. The predicted octanol–water partition coefficient (Wildman–Crippen LogP) is 2.48. The smallest absolute Gasteiger partial charge is 0.157 e. The summed E-state index contributed by atoms with van der Waals surface area (Å²) in [6, 6.07) is 7.82. The summed E-state index contributed by atoms with van der Waals surface area (Å²) in [4.78, 5) is 8.31. The molecular weight excluding hydrogens is 259 g/mol. The van der Waals surface area contributed by atoms with Gasteiger partial charge in [-0.05, 0) is 24.3 Å². The molecule has 3 rings (SSSR count). The maximum atomic E-state index is 13.4. The molecule has 0 unspecified atom stereocenters. The number of aromatic nitrogens is 4. The van der Waals surface area contributed by atoms with Gasteiger partial charge in [-0.2, -0.15) is 5.10 Å². The topological polar surface area (TPSA) is 52.8 Å². The Morgan fingerprint density at radius 1 is 1.20 bits per heavy atom. The van der Waals surface area contributed by atoms with Gasteiger partial charge in [0.25, 0.3) is 0 Å². The number of rotatable bonds is 3. The molecule has 2 heterocycles. The van der Waals surface area contributed by atoms with E-state index in [9.17, 15) is 4.39 Å². The van der Waals surface area contributed by atoms with Gasteiger partial charge in [-0.1, -0.05) is 0 Å². The zero-order valence-corrected chi connectivity index (χ0v) is 10.7. The van der Waals surface area contributed by atoms with Crippen molar-refractivity contribution in [2.24, 2.45) is 0 Å². The molecule has 0 radical (unpaired) electrons. The molecule has 20 heavy (non-hydrogen) atoms. The van der Waals surface area contributed by atoms with E-state index in [0.717, 1.165) is 0 Å². The molecule has 0 fully saturated rings. The maximum Gasteiger partial charge on any atom is 0.157 e. The molecule has 0 atom stereocenters. The van der Waals surface area contributed by atoms with Crippen LogP contribution in [0.3, 0.4) is 0 Å². The molecule has 0 amide bonds. The number of ether oxygens (including phenoxy) is 1. The summed E-state index contributed by atoms with van der Waals surface area (Å²) in [7, 11) is 1.53. The molecule has 5 nitrogen and oxygen atoms in total. The van der Waals surface area contributed by atoms with Gasteiger partial charge < -0.3 is 4.74 Å². The Hall–Kier alpha value is -2.76. The summed E-state index contributed by atoms with van der Waals surface area (Å²) in [5.74, 6) is 0.808. The minimum absolute atomic E-state index is 0.347. The fraction of sp³-hybridized carbons (Fsp3) is 0.0714. The van der Waals surface area contributed by atoms with Crippen molar-refractivity contribution < 1.29 is 9.13 Å². The molecule has 1 aromatic carbocycles. The van der Waals surface area contributed by atoms with Crippen molar-refractivity contribution in [2.45, 2.75) is 0 Å². The zero-order chi connectivity index (χ0) is 13.9. The molecule has 0 N–H and O–H groups in total. The van der Waals surface area contributed by atoms with Gasteiger partial charge in [0.1, 0.15) is 17.9 Å². The van der Waals surface area contributed by atoms with E-state index in [1.54, 1.807) is 35.3 Å². The van der Waals surface area contributed by atoms with Crippen LogP contribution in [-0.2, 0) is 0 Å². The first kappa shape index (κ1) is 12.3. The van der Waals surface area contributed by atoms with Crippen molar-refractivity contribution in [1.29, 1.82) is 0 Å². The highest BCUT2D eigenvalue weighted by Crippen LogP contribution is 2.29. The summed E-state index contributed by atoms with van der Waals surface area (Å²) in [5.41, 5.74) is 1.14. The van der Waals surface area contributed by atoms with Gasteiger partial charge in [-0.25, -0.2) is 19.0 Å². The van der Waals surface area contributed by atoms with Crippen LogP contribution in [0.25, 0.3) is 17.1 Å². The van der Waals surface area contributed by atoms with E-state index in [2.05, 4.69) is 15.1 Å². The van der Waals surface area contributed by atoms with Crippen molar-refractivity contribution in [3.05, 3.63) is 54.9 Å². The van der Waals surface area contributed by atoms with Crippen LogP contribution in [0, 0.1) is 5.82 Å². The molecule has 3 aromatic rings. The molecule has 2 aromatic heterocycles. The zero-order valence-electron chi connectivity index (χ0n) is 10.7. The van der Waals surface area contributed by atoms with E-state index < -0.39 is 0 Å². The first-order chi connectivity index (χ1) is 9.78. The van der Waals surface area contributed by atoms with Crippen LogP contribution in [0.5, 0.6) is 5.75 Å². The normalized spacial score (nSPS) is 10.5. The minimum Gasteiger partial charge on any atom is -0.496 e. The Bertz CT molecular complexity index is 728. The number of hydrogen-bond acceptors (Lipinski definition) is 4. The Morgan fingerprint density at radius 2 is 2.10 bits per heavy atom. The van der Waals surface area contributed by atoms with Crippen molar-refractivity contribution in [1.82, 2.24) is 19.7 Å². The van der Waals surface area contributed by atoms with Gasteiger partial charge in [0.2, 0.25) is 0 Å². The van der Waals surface area contributed by atoms with Crippen molar-refractivity contribution in [2.75, 3.05) is 7.11 Å². The lowest BCUT2D eigenvalue weighted by molar-refractivity contribution is 0.415. The monoisotopic (exact) mass is 270 g/mol. The lowest BCUT2D eigenvalue weighted by atomic mass is 10.1. The number of methoxy groups -OCH3 is 1. The highest BCUT2D eigenvalue weighted by atomic mass is 19.1. The molecule has 100 valence electrons. The number of benzene rings is 1. The summed E-state index contributed by atoms with van der Waals surface area (Å²) in [5, 5.41) is 4.10. The fourth-order valence-electron chi connectivity index (χ4n) is 1.90. The molecule has 0 aliphatic rings. The van der Waals surface area contributed by atoms with Gasteiger partial charge >= 0.3 is 0 Å². The number of hydrogen-bond donors (Lipinski definition) is 0. The molecule has 6 heteroatoms. The lowest BCUT2D eigenvalue weighted by Crippen LogP contribution is -2.00. The quantitative estimate of drug-likeness (QED) is 0.733. The van der Waals surface area contributed by atoms with E-state index in [1.807, 2.05) is 0 Å². The largest absolute Gasteiger partial charge is 0.496 e. The van der Waals surface area contributed by atoms with Crippen LogP contribution in [0.4, 0.5) is 4.39 Å². The van der Waals surface area contributed by atoms with Crippen LogP contribution in [0.15, 0.2) is 49.1 Å². The number of halogens is 1. The Kier molecular flexibility index (Phi) is 3.12. The van der Waals surface area contributed by atoms with E-state index in [-0.39, 0.29) is 5.82 Å². The Labute approximate surface area is 114 Å². The Balaban J connectivity index is 2.11. The molecule has 0 aliphatic heterocycles. The third-order valence-corrected chi connectivity index (χ3v) is 2.83. The summed E-state index contributed by atoms with van der Waals surface area (Å²) in [6.45, 7) is 0. The van der Waals surface area contributed by atoms with E-state index in [1.165, 1.54) is 25.6 Å². The summed E-state index contributed by atoms with van der Waals surface area (Å²) in [6.07, 6.45) is 4.84. The van der Waals surface area contributed by atoms with Crippen LogP contribution in [0.1, 0.15) is 0 Å². The summed E-state index contributed by atoms with van der Waals surface area (Å²) >= 11 is 0. The minimum atomic E-state index is -0.347. The molecule has 0 spiro atoms. The fourth-order valence-corrected chi connectivity index (χ4v) is 1.90. The average Bonchev–Trinajstić information content (AvgIpc) is 3.01. The highest BCUT2D eigenvalue weighted by molar-refractivity contribution is 5.68. The standard InChI is InChI=1S/C14H11FN4O/c1-20-13-4-3-10(15)7-11(13)12-8-14(17-9-16-12)19-6-2-5-18-19/h2-9H,1H3. The summed E-state index contributed by atoms with van der Waals surface area (Å²) < 4.78 is 20.3. The predicted molar refractivity (Wildman–Crippen MR) is 71.1 cm³/mol. The maximum absolute atomic E-state index is 13.4. The third kappa shape index (κ3) is 2.23. The first-order valence-electron chi connectivity index (χ1n) is 5.94. The molecule has 0 bridgehead atoms. The Morgan fingerprint density at radius 3 is 2.85 bits per heavy atom. The average molecular weight is 270 g/mol. The molecular formula is C14H11FN4O. The van der Waals surface area contributed by atoms with Crippen LogP contribution >= 0.6 is 0 Å². The van der Waals surface area contributed by atoms with Crippen molar-refractivity contribution in [3.63, 3.8) is 0 Å². The van der Waals surface area contributed by atoms with Gasteiger partial charge in [-0.3, -0.25) is 0 Å². The van der Waals surface area contributed by atoms with Crippen LogP contribution in [-0.4, -0.2) is 26.9 Å². The van der Waals surface area contributed by atoms with E-state index in [0.29, 0.717) is 22.8 Å². The lowest BCUT2D eigenvalue weighted by Gasteiger charge is -2.09. The van der Waals surface area contributed by atoms with Gasteiger partial charge in [0, 0.05) is 24.0 Å².